The number of hydrogen-bond donors (Lipinski definition) is 2. The third kappa shape index (κ3) is 3.62. The molecule has 0 fully saturated rings. The van der Waals surface area contributed by atoms with Crippen molar-refractivity contribution in [1.82, 2.24) is 20.2 Å². The quantitative estimate of drug-likeness (QED) is 0.702. The Balaban J connectivity index is 2.48. The van der Waals surface area contributed by atoms with Crippen molar-refractivity contribution in [3.63, 3.8) is 0 Å². The summed E-state index contributed by atoms with van der Waals surface area (Å²) in [5, 5.41) is 13.5. The maximum absolute atomic E-state index is 11.5. The van der Waals surface area contributed by atoms with Crippen LogP contribution in [0.25, 0.3) is 0 Å². The van der Waals surface area contributed by atoms with E-state index in [4.69, 9.17) is 5.73 Å². The van der Waals surface area contributed by atoms with Crippen LogP contribution in [0.5, 0.6) is 0 Å². The minimum Gasteiger partial charge on any atom is -0.320 e. The van der Waals surface area contributed by atoms with Crippen molar-refractivity contribution in [1.29, 1.82) is 0 Å². The van der Waals surface area contributed by atoms with Gasteiger partial charge in [0.05, 0.1) is 13.1 Å². The third-order valence-electron chi connectivity index (χ3n) is 1.81. The second-order valence-electron chi connectivity index (χ2n) is 3.83. The average Bonchev–Trinajstić information content (AvgIpc) is 2.50. The number of hydrogen-bond acceptors (Lipinski definition) is 5. The highest BCUT2D eigenvalue weighted by Gasteiger charge is 2.16. The smallest absolute Gasteiger partial charge is 0.270 e. The number of aryl methyl sites for hydroxylation is 1. The molecule has 0 aliphatic heterocycles. The van der Waals surface area contributed by atoms with Crippen LogP contribution in [0.3, 0.4) is 0 Å². The Labute approximate surface area is 88.0 Å². The van der Waals surface area contributed by atoms with Crippen LogP contribution in [-0.4, -0.2) is 32.2 Å². The summed E-state index contributed by atoms with van der Waals surface area (Å²) in [6.07, 6.45) is 0.631. The number of anilines is 1. The number of rotatable bonds is 4. The number of carbonyl (C=O) groups is 1. The van der Waals surface area contributed by atoms with Crippen molar-refractivity contribution in [2.45, 2.75) is 26.3 Å². The number of nitrogens with one attached hydrogen (secondary N) is 1. The summed E-state index contributed by atoms with van der Waals surface area (Å²) in [5.41, 5.74) is 5.68. The lowest BCUT2D eigenvalue weighted by atomic mass is 10.0. The molecule has 0 saturated carbocycles. The van der Waals surface area contributed by atoms with Gasteiger partial charge in [-0.05, 0) is 17.6 Å². The van der Waals surface area contributed by atoms with Crippen molar-refractivity contribution < 1.29 is 4.79 Å². The first-order valence-electron chi connectivity index (χ1n) is 4.79. The molecule has 0 unspecified atom stereocenters. The molecule has 7 nitrogen and oxygen atoms in total. The van der Waals surface area contributed by atoms with Crippen LogP contribution in [0.4, 0.5) is 5.95 Å². The number of carbonyl (C=O) groups excluding carboxylic acids is 1. The summed E-state index contributed by atoms with van der Waals surface area (Å²) in [6.45, 7) is 4.02. The van der Waals surface area contributed by atoms with Gasteiger partial charge in [-0.3, -0.25) is 10.1 Å². The fourth-order valence-electron chi connectivity index (χ4n) is 1.15. The zero-order chi connectivity index (χ0) is 11.4. The molecule has 1 amide bonds. The molecule has 1 aromatic rings. The van der Waals surface area contributed by atoms with E-state index in [-0.39, 0.29) is 11.9 Å². The van der Waals surface area contributed by atoms with Gasteiger partial charge in [0, 0.05) is 0 Å². The lowest BCUT2D eigenvalue weighted by Crippen LogP contribution is -2.37. The summed E-state index contributed by atoms with van der Waals surface area (Å²) in [6, 6.07) is -0.534. The molecule has 0 aliphatic rings. The lowest BCUT2D eigenvalue weighted by molar-refractivity contribution is -0.117. The largest absolute Gasteiger partial charge is 0.320 e. The van der Waals surface area contributed by atoms with Crippen LogP contribution in [0.1, 0.15) is 20.3 Å². The predicted octanol–water partition coefficient (Wildman–Crippen LogP) is -0.478. The minimum atomic E-state index is -0.534. The van der Waals surface area contributed by atoms with Gasteiger partial charge in [0.1, 0.15) is 0 Å². The van der Waals surface area contributed by atoms with E-state index in [0.29, 0.717) is 12.3 Å². The molecule has 15 heavy (non-hydrogen) atoms. The number of aromatic nitrogens is 4. The number of nitrogens with two attached hydrogens (primary N) is 1. The maximum atomic E-state index is 11.5. The van der Waals surface area contributed by atoms with Crippen molar-refractivity contribution >= 4 is 11.9 Å². The van der Waals surface area contributed by atoms with Gasteiger partial charge in [-0.2, -0.15) is 4.80 Å². The van der Waals surface area contributed by atoms with Gasteiger partial charge >= 0.3 is 0 Å². The van der Waals surface area contributed by atoms with Gasteiger partial charge in [0.2, 0.25) is 5.91 Å². The zero-order valence-electron chi connectivity index (χ0n) is 9.14. The highest BCUT2D eigenvalue weighted by atomic mass is 16.2. The van der Waals surface area contributed by atoms with Crippen molar-refractivity contribution in [3.8, 4) is 0 Å². The van der Waals surface area contributed by atoms with Crippen LogP contribution in [-0.2, 0) is 11.8 Å². The lowest BCUT2D eigenvalue weighted by Gasteiger charge is -2.11. The fourth-order valence-corrected chi connectivity index (χ4v) is 1.15. The van der Waals surface area contributed by atoms with Gasteiger partial charge in [-0.1, -0.05) is 18.9 Å². The molecule has 1 aromatic heterocycles. The van der Waals surface area contributed by atoms with E-state index in [2.05, 4.69) is 20.7 Å². The number of amides is 1. The average molecular weight is 212 g/mol. The summed E-state index contributed by atoms with van der Waals surface area (Å²) >= 11 is 0. The van der Waals surface area contributed by atoms with Gasteiger partial charge in [0.25, 0.3) is 5.95 Å². The normalized spacial score (nSPS) is 12.9. The fraction of sp³-hybridized carbons (Fsp3) is 0.750. The third-order valence-corrected chi connectivity index (χ3v) is 1.81. The van der Waals surface area contributed by atoms with E-state index in [1.54, 1.807) is 7.05 Å². The van der Waals surface area contributed by atoms with Crippen molar-refractivity contribution in [3.05, 3.63) is 0 Å². The summed E-state index contributed by atoms with van der Waals surface area (Å²) in [4.78, 5) is 12.8. The Morgan fingerprint density at radius 2 is 2.27 bits per heavy atom. The van der Waals surface area contributed by atoms with Crippen molar-refractivity contribution in [2.24, 2.45) is 18.7 Å². The molecule has 0 aliphatic carbocycles. The van der Waals surface area contributed by atoms with Crippen LogP contribution in [0.15, 0.2) is 0 Å². The standard InChI is InChI=1S/C8H16N6O/c1-5(2)4-6(9)7(15)10-8-11-13-14(3)12-8/h5-6H,4,9H2,1-3H3,(H,10,12,15)/t6-/m0/s1. The molecule has 84 valence electrons. The van der Waals surface area contributed by atoms with E-state index < -0.39 is 6.04 Å². The van der Waals surface area contributed by atoms with E-state index in [1.807, 2.05) is 13.8 Å². The molecular weight excluding hydrogens is 196 g/mol. The van der Waals surface area contributed by atoms with Gasteiger partial charge in [-0.25, -0.2) is 0 Å². The maximum Gasteiger partial charge on any atom is 0.270 e. The van der Waals surface area contributed by atoms with Crippen LogP contribution >= 0.6 is 0 Å². The first-order valence-corrected chi connectivity index (χ1v) is 4.79. The molecule has 0 aromatic carbocycles. The molecule has 0 spiro atoms. The van der Waals surface area contributed by atoms with E-state index in [0.717, 1.165) is 0 Å². The van der Waals surface area contributed by atoms with Gasteiger partial charge in [-0.15, -0.1) is 5.10 Å². The van der Waals surface area contributed by atoms with Gasteiger partial charge in [0.15, 0.2) is 0 Å². The second-order valence-corrected chi connectivity index (χ2v) is 3.83. The Kier molecular flexibility index (Phi) is 3.73. The zero-order valence-corrected chi connectivity index (χ0v) is 9.14. The monoisotopic (exact) mass is 212 g/mol. The molecule has 0 saturated heterocycles. The Bertz CT molecular complexity index is 334. The van der Waals surface area contributed by atoms with E-state index in [1.165, 1.54) is 4.80 Å². The SMILES string of the molecule is CC(C)C[C@H](N)C(=O)Nc1nnn(C)n1. The topological polar surface area (TPSA) is 98.7 Å². The molecule has 3 N–H and O–H groups in total. The van der Waals surface area contributed by atoms with E-state index >= 15 is 0 Å². The molecule has 0 bridgehead atoms. The minimum absolute atomic E-state index is 0.182. The van der Waals surface area contributed by atoms with Gasteiger partial charge < -0.3 is 5.73 Å². The predicted molar refractivity (Wildman–Crippen MR) is 54.9 cm³/mol. The summed E-state index contributed by atoms with van der Waals surface area (Å²) in [7, 11) is 1.62. The Morgan fingerprint density at radius 1 is 1.60 bits per heavy atom. The first-order chi connectivity index (χ1) is 6.99. The van der Waals surface area contributed by atoms with Crippen molar-refractivity contribution in [2.75, 3.05) is 5.32 Å². The molecule has 1 rings (SSSR count). The Morgan fingerprint density at radius 3 is 2.73 bits per heavy atom. The van der Waals surface area contributed by atoms with Crippen LogP contribution in [0.2, 0.25) is 0 Å². The summed E-state index contributed by atoms with van der Waals surface area (Å²) in [5.74, 6) is 0.277. The molecule has 1 heterocycles. The molecular formula is C8H16N6O. The Hall–Kier alpha value is -1.50. The van der Waals surface area contributed by atoms with Crippen LogP contribution in [0, 0.1) is 5.92 Å². The van der Waals surface area contributed by atoms with Crippen LogP contribution < -0.4 is 11.1 Å². The molecule has 7 heteroatoms. The molecule has 1 atom stereocenters. The highest BCUT2D eigenvalue weighted by molar-refractivity contribution is 5.93. The number of nitrogens with zero attached hydrogens (tertiary/aromatic N) is 4. The number of tetrazole rings is 1. The molecule has 0 radical (unpaired) electrons. The van der Waals surface area contributed by atoms with E-state index in [9.17, 15) is 4.79 Å². The summed E-state index contributed by atoms with van der Waals surface area (Å²) < 4.78 is 0. The second kappa shape index (κ2) is 4.83. The first kappa shape index (κ1) is 11.6. The highest BCUT2D eigenvalue weighted by Crippen LogP contribution is 2.04.